The highest BCUT2D eigenvalue weighted by molar-refractivity contribution is 5.43. The molecule has 0 aromatic heterocycles. The zero-order valence-corrected chi connectivity index (χ0v) is 20.1. The van der Waals surface area contributed by atoms with E-state index in [4.69, 9.17) is 19.9 Å². The molecule has 1 rings (SSSR count). The molecule has 0 unspecified atom stereocenters. The smallest absolute Gasteiger partial charge is 0.161 e. The minimum atomic E-state index is -0.533. The molecule has 3 N–H and O–H groups in total. The van der Waals surface area contributed by atoms with Crippen molar-refractivity contribution in [1.29, 1.82) is 0 Å². The second kappa shape index (κ2) is 13.9. The third-order valence-corrected chi connectivity index (χ3v) is 5.84. The van der Waals surface area contributed by atoms with Gasteiger partial charge in [-0.25, -0.2) is 0 Å². The Labute approximate surface area is 183 Å². The molecule has 1 aromatic carbocycles. The Morgan fingerprint density at radius 3 is 2.33 bits per heavy atom. The molecule has 0 saturated carbocycles. The van der Waals surface area contributed by atoms with Crippen LogP contribution in [0.4, 0.5) is 0 Å². The van der Waals surface area contributed by atoms with Gasteiger partial charge in [-0.05, 0) is 63.3 Å². The Morgan fingerprint density at radius 1 is 1.07 bits per heavy atom. The molecule has 0 aliphatic rings. The number of ether oxygens (including phenoxy) is 3. The molecule has 6 heteroatoms. The van der Waals surface area contributed by atoms with Gasteiger partial charge in [0.2, 0.25) is 0 Å². The van der Waals surface area contributed by atoms with Crippen LogP contribution in [-0.2, 0) is 11.2 Å². The third-order valence-electron chi connectivity index (χ3n) is 5.84. The van der Waals surface area contributed by atoms with Gasteiger partial charge in [0, 0.05) is 38.8 Å². The quantitative estimate of drug-likeness (QED) is 0.421. The van der Waals surface area contributed by atoms with Gasteiger partial charge in [-0.15, -0.1) is 0 Å². The predicted octanol–water partition coefficient (Wildman–Crippen LogP) is 3.34. The maximum atomic E-state index is 10.6. The summed E-state index contributed by atoms with van der Waals surface area (Å²) in [6, 6.07) is 6.25. The minimum absolute atomic E-state index is 0.249. The van der Waals surface area contributed by atoms with E-state index < -0.39 is 6.10 Å². The van der Waals surface area contributed by atoms with Crippen molar-refractivity contribution < 1.29 is 19.3 Å². The number of rotatable bonds is 15. The van der Waals surface area contributed by atoms with Crippen LogP contribution >= 0.6 is 0 Å². The lowest BCUT2D eigenvalue weighted by molar-refractivity contribution is 0.0794. The number of hydrogen-bond acceptors (Lipinski definition) is 6. The van der Waals surface area contributed by atoms with Crippen molar-refractivity contribution >= 4 is 0 Å². The Bertz CT molecular complexity index is 595. The molecular weight excluding hydrogens is 380 g/mol. The van der Waals surface area contributed by atoms with E-state index in [0.29, 0.717) is 37.6 Å². The van der Waals surface area contributed by atoms with E-state index >= 15 is 0 Å². The summed E-state index contributed by atoms with van der Waals surface area (Å²) in [7, 11) is 5.37. The van der Waals surface area contributed by atoms with E-state index in [1.54, 1.807) is 14.2 Å². The fourth-order valence-electron chi connectivity index (χ4n) is 3.39. The molecule has 30 heavy (non-hydrogen) atoms. The number of hydrogen-bond donors (Lipinski definition) is 2. The van der Waals surface area contributed by atoms with Crippen LogP contribution in [0.5, 0.6) is 11.5 Å². The van der Waals surface area contributed by atoms with Crippen molar-refractivity contribution in [2.24, 2.45) is 17.6 Å². The van der Waals surface area contributed by atoms with Gasteiger partial charge in [-0.2, -0.15) is 0 Å². The number of nitrogens with two attached hydrogens (primary N) is 1. The summed E-state index contributed by atoms with van der Waals surface area (Å²) in [6.07, 6.45) is 1.96. The van der Waals surface area contributed by atoms with Gasteiger partial charge in [-0.3, -0.25) is 0 Å². The molecular formula is C24H44N2O4. The number of benzene rings is 1. The van der Waals surface area contributed by atoms with Crippen LogP contribution in [0.15, 0.2) is 18.2 Å². The van der Waals surface area contributed by atoms with Crippen LogP contribution in [0.3, 0.4) is 0 Å². The monoisotopic (exact) mass is 424 g/mol. The normalized spacial score (nSPS) is 14.9. The lowest BCUT2D eigenvalue weighted by Crippen LogP contribution is -2.45. The first kappa shape index (κ1) is 26.7. The summed E-state index contributed by atoms with van der Waals surface area (Å²) in [6.45, 7) is 10.5. The van der Waals surface area contributed by atoms with E-state index in [9.17, 15) is 5.11 Å². The van der Waals surface area contributed by atoms with Crippen LogP contribution in [0, 0.1) is 11.8 Å². The molecule has 3 atom stereocenters. The van der Waals surface area contributed by atoms with Gasteiger partial charge in [-0.1, -0.05) is 19.9 Å². The Balaban J connectivity index is 2.79. The molecule has 0 heterocycles. The lowest BCUT2D eigenvalue weighted by atomic mass is 9.83. The number of likely N-dealkylation sites (N-methyl/N-ethyl adjacent to an activating group) is 1. The van der Waals surface area contributed by atoms with Crippen molar-refractivity contribution in [2.45, 2.75) is 65.1 Å². The fourth-order valence-corrected chi connectivity index (χ4v) is 3.39. The average Bonchev–Trinajstić information content (AvgIpc) is 2.70. The summed E-state index contributed by atoms with van der Waals surface area (Å²) in [5, 5.41) is 10.6. The van der Waals surface area contributed by atoms with Gasteiger partial charge >= 0.3 is 0 Å². The summed E-state index contributed by atoms with van der Waals surface area (Å²) < 4.78 is 16.5. The molecule has 0 radical (unpaired) electrons. The maximum Gasteiger partial charge on any atom is 0.161 e. The SMILES string of the molecule is COCCCOc1cc(C[C@@H](C[C@H](N)[C@@H](O)CN(C)C(C)C)C(C)C)ccc1OC. The fraction of sp³-hybridized carbons (Fsp3) is 0.750. The molecule has 1 aromatic rings. The van der Waals surface area contributed by atoms with Crippen LogP contribution in [-0.4, -0.2) is 69.2 Å². The van der Waals surface area contributed by atoms with E-state index in [2.05, 4.69) is 44.7 Å². The highest BCUT2D eigenvalue weighted by atomic mass is 16.5. The summed E-state index contributed by atoms with van der Waals surface area (Å²) in [4.78, 5) is 2.13. The van der Waals surface area contributed by atoms with Gasteiger partial charge in [0.1, 0.15) is 0 Å². The van der Waals surface area contributed by atoms with E-state index in [1.807, 2.05) is 13.1 Å². The van der Waals surface area contributed by atoms with Crippen molar-refractivity contribution in [3.63, 3.8) is 0 Å². The van der Waals surface area contributed by atoms with Crippen molar-refractivity contribution in [3.05, 3.63) is 23.8 Å². The van der Waals surface area contributed by atoms with E-state index in [0.717, 1.165) is 30.8 Å². The van der Waals surface area contributed by atoms with Gasteiger partial charge < -0.3 is 30.0 Å². The van der Waals surface area contributed by atoms with Crippen molar-refractivity contribution in [1.82, 2.24) is 4.90 Å². The zero-order valence-electron chi connectivity index (χ0n) is 20.1. The van der Waals surface area contributed by atoms with Crippen LogP contribution < -0.4 is 15.2 Å². The van der Waals surface area contributed by atoms with Gasteiger partial charge in [0.05, 0.1) is 19.8 Å². The average molecular weight is 425 g/mol. The molecule has 0 saturated heterocycles. The van der Waals surface area contributed by atoms with Crippen LogP contribution in [0.1, 0.15) is 46.1 Å². The largest absolute Gasteiger partial charge is 0.493 e. The number of nitrogens with zero attached hydrogens (tertiary/aromatic N) is 1. The molecule has 0 aliphatic carbocycles. The zero-order chi connectivity index (χ0) is 22.7. The third kappa shape index (κ3) is 9.21. The van der Waals surface area contributed by atoms with E-state index in [1.165, 1.54) is 5.56 Å². The standard InChI is InChI=1S/C24H44N2O4/c1-17(2)20(15-21(25)22(27)16-26(5)18(3)4)13-19-9-10-23(29-7)24(14-19)30-12-8-11-28-6/h9-10,14,17-18,20-22,27H,8,11-13,15-16,25H2,1-7H3/t20-,21-,22-/m0/s1. The molecule has 6 nitrogen and oxygen atoms in total. The number of aliphatic hydroxyl groups is 1. The van der Waals surface area contributed by atoms with E-state index in [-0.39, 0.29) is 6.04 Å². The Hall–Kier alpha value is -1.34. The predicted molar refractivity (Wildman–Crippen MR) is 123 cm³/mol. The first-order chi connectivity index (χ1) is 14.2. The Kier molecular flexibility index (Phi) is 12.3. The summed E-state index contributed by atoms with van der Waals surface area (Å²) in [5.74, 6) is 2.32. The van der Waals surface area contributed by atoms with Crippen LogP contribution in [0.25, 0.3) is 0 Å². The highest BCUT2D eigenvalue weighted by Crippen LogP contribution is 2.31. The van der Waals surface area contributed by atoms with Crippen molar-refractivity contribution in [3.8, 4) is 11.5 Å². The molecule has 0 fully saturated rings. The van der Waals surface area contributed by atoms with Gasteiger partial charge in [0.15, 0.2) is 11.5 Å². The molecule has 0 bridgehead atoms. The second-order valence-corrected chi connectivity index (χ2v) is 8.89. The minimum Gasteiger partial charge on any atom is -0.493 e. The lowest BCUT2D eigenvalue weighted by Gasteiger charge is -2.30. The van der Waals surface area contributed by atoms with Crippen LogP contribution in [0.2, 0.25) is 0 Å². The topological polar surface area (TPSA) is 77.2 Å². The van der Waals surface area contributed by atoms with Crippen molar-refractivity contribution in [2.75, 3.05) is 41.0 Å². The molecule has 0 spiro atoms. The summed E-state index contributed by atoms with van der Waals surface area (Å²) >= 11 is 0. The molecule has 0 aliphatic heterocycles. The first-order valence-electron chi connectivity index (χ1n) is 11.1. The Morgan fingerprint density at radius 2 is 1.77 bits per heavy atom. The molecule has 174 valence electrons. The number of aliphatic hydroxyl groups excluding tert-OH is 1. The first-order valence-corrected chi connectivity index (χ1v) is 11.1. The number of methoxy groups -OCH3 is 2. The summed E-state index contributed by atoms with van der Waals surface area (Å²) in [5.41, 5.74) is 7.59. The second-order valence-electron chi connectivity index (χ2n) is 8.89. The van der Waals surface area contributed by atoms with Gasteiger partial charge in [0.25, 0.3) is 0 Å². The molecule has 0 amide bonds. The maximum absolute atomic E-state index is 10.6. The highest BCUT2D eigenvalue weighted by Gasteiger charge is 2.24.